The van der Waals surface area contributed by atoms with Gasteiger partial charge in [-0.05, 0) is 30.7 Å². The van der Waals surface area contributed by atoms with Crippen LogP contribution < -0.4 is 15.5 Å². The van der Waals surface area contributed by atoms with Gasteiger partial charge in [-0.25, -0.2) is 0 Å². The highest BCUT2D eigenvalue weighted by Crippen LogP contribution is 2.23. The minimum absolute atomic E-state index is 0. The Morgan fingerprint density at radius 3 is 2.36 bits per heavy atom. The fourth-order valence-electron chi connectivity index (χ4n) is 3.06. The molecular weight excluding hydrogens is 363 g/mol. The summed E-state index contributed by atoms with van der Waals surface area (Å²) in [6.45, 7) is 5.59. The monoisotopic (exact) mass is 388 g/mol. The Kier molecular flexibility index (Phi) is 9.21. The number of hydrogen-bond donors (Lipinski definition) is 2. The van der Waals surface area contributed by atoms with Gasteiger partial charge in [0, 0.05) is 63.5 Å². The van der Waals surface area contributed by atoms with Crippen LogP contribution in [0, 0.1) is 0 Å². The van der Waals surface area contributed by atoms with E-state index in [1.807, 2.05) is 24.3 Å². The van der Waals surface area contributed by atoms with Crippen LogP contribution in [0.2, 0.25) is 0 Å². The summed E-state index contributed by atoms with van der Waals surface area (Å²) in [6.07, 6.45) is 2.06. The lowest BCUT2D eigenvalue weighted by atomic mass is 10.2. The fraction of sp³-hybridized carbons (Fsp3) is 0.529. The van der Waals surface area contributed by atoms with Crippen molar-refractivity contribution in [2.45, 2.75) is 19.3 Å². The van der Waals surface area contributed by atoms with E-state index in [1.54, 1.807) is 4.90 Å². The molecule has 1 aromatic rings. The van der Waals surface area contributed by atoms with E-state index in [2.05, 4.69) is 15.5 Å². The maximum Gasteiger partial charge on any atom is 0.227 e. The van der Waals surface area contributed by atoms with Gasteiger partial charge in [-0.15, -0.1) is 24.8 Å². The molecule has 3 rings (SSSR count). The van der Waals surface area contributed by atoms with Gasteiger partial charge in [0.25, 0.3) is 0 Å². The lowest BCUT2D eigenvalue weighted by Gasteiger charge is -2.26. The minimum atomic E-state index is 0. The maximum absolute atomic E-state index is 12.0. The number of hydrogen-bond acceptors (Lipinski definition) is 4. The number of rotatable bonds is 5. The third-order valence-corrected chi connectivity index (χ3v) is 4.40. The van der Waals surface area contributed by atoms with Gasteiger partial charge in [0.05, 0.1) is 0 Å². The van der Waals surface area contributed by atoms with Crippen molar-refractivity contribution >= 4 is 48.0 Å². The lowest BCUT2D eigenvalue weighted by Crippen LogP contribution is -2.44. The van der Waals surface area contributed by atoms with Crippen LogP contribution in [0.5, 0.6) is 0 Å². The van der Waals surface area contributed by atoms with Crippen LogP contribution in [0.15, 0.2) is 24.3 Å². The molecule has 8 heteroatoms. The number of halogens is 2. The normalized spacial score (nSPS) is 17.6. The van der Waals surface area contributed by atoms with E-state index in [-0.39, 0.29) is 36.6 Å². The van der Waals surface area contributed by atoms with Gasteiger partial charge in [-0.1, -0.05) is 0 Å². The Labute approximate surface area is 161 Å². The van der Waals surface area contributed by atoms with Gasteiger partial charge < -0.3 is 20.4 Å². The summed E-state index contributed by atoms with van der Waals surface area (Å²) in [7, 11) is 0. The molecule has 0 aliphatic carbocycles. The maximum atomic E-state index is 12.0. The first kappa shape index (κ1) is 21.7. The molecule has 2 N–H and O–H groups in total. The topological polar surface area (TPSA) is 64.7 Å². The van der Waals surface area contributed by atoms with Crippen LogP contribution in [0.1, 0.15) is 19.3 Å². The predicted molar refractivity (Wildman–Crippen MR) is 105 cm³/mol. The zero-order valence-corrected chi connectivity index (χ0v) is 15.8. The predicted octanol–water partition coefficient (Wildman–Crippen LogP) is 1.89. The summed E-state index contributed by atoms with van der Waals surface area (Å²) < 4.78 is 0. The molecule has 0 atom stereocenters. The summed E-state index contributed by atoms with van der Waals surface area (Å²) >= 11 is 0. The zero-order chi connectivity index (χ0) is 16.1. The molecule has 0 bridgehead atoms. The van der Waals surface area contributed by atoms with E-state index < -0.39 is 0 Å². The summed E-state index contributed by atoms with van der Waals surface area (Å²) in [5.74, 6) is 0.214. The van der Waals surface area contributed by atoms with Gasteiger partial charge >= 0.3 is 0 Å². The summed E-state index contributed by atoms with van der Waals surface area (Å²) in [5.41, 5.74) is 1.69. The first-order valence-corrected chi connectivity index (χ1v) is 8.36. The molecule has 25 heavy (non-hydrogen) atoms. The molecule has 0 spiro atoms. The van der Waals surface area contributed by atoms with Crippen LogP contribution in [-0.2, 0) is 9.59 Å². The van der Waals surface area contributed by atoms with Crippen LogP contribution in [0.3, 0.4) is 0 Å². The molecule has 0 radical (unpaired) electrons. The van der Waals surface area contributed by atoms with Crippen molar-refractivity contribution in [2.24, 2.45) is 0 Å². The van der Waals surface area contributed by atoms with Crippen molar-refractivity contribution < 1.29 is 9.59 Å². The van der Waals surface area contributed by atoms with Crippen LogP contribution in [-0.4, -0.2) is 56.0 Å². The molecule has 6 nitrogen and oxygen atoms in total. The second kappa shape index (κ2) is 10.6. The lowest BCUT2D eigenvalue weighted by molar-refractivity contribution is -0.117. The van der Waals surface area contributed by atoms with Gasteiger partial charge in [-0.2, -0.15) is 0 Å². The summed E-state index contributed by atoms with van der Waals surface area (Å²) in [6, 6.07) is 7.53. The number of carbonyl (C=O) groups excluding carboxylic acids is 2. The Morgan fingerprint density at radius 1 is 1.08 bits per heavy atom. The highest BCUT2D eigenvalue weighted by atomic mass is 35.5. The van der Waals surface area contributed by atoms with E-state index in [4.69, 9.17) is 0 Å². The standard InChI is InChI=1S/C17H24N4O2.2ClH/c22-16(7-11-20-12-8-18-9-13-20)19-14-3-5-15(6-4-14)21-10-1-2-17(21)23;;/h3-6,18H,1-2,7-13H2,(H,19,22);2*1H. The smallest absolute Gasteiger partial charge is 0.227 e. The molecule has 1 aromatic carbocycles. The average molecular weight is 389 g/mol. The number of piperazine rings is 1. The molecule has 2 aliphatic heterocycles. The third-order valence-electron chi connectivity index (χ3n) is 4.40. The highest BCUT2D eigenvalue weighted by molar-refractivity contribution is 5.96. The van der Waals surface area contributed by atoms with Crippen molar-refractivity contribution in [1.29, 1.82) is 0 Å². The molecule has 0 aromatic heterocycles. The van der Waals surface area contributed by atoms with Crippen LogP contribution >= 0.6 is 24.8 Å². The summed E-state index contributed by atoms with van der Waals surface area (Å²) in [4.78, 5) is 27.9. The Balaban J connectivity index is 0.00000156. The SMILES string of the molecule is Cl.Cl.O=C(CCN1CCNCC1)Nc1ccc(N2CCCC2=O)cc1. The first-order valence-electron chi connectivity index (χ1n) is 8.36. The van der Waals surface area contributed by atoms with Gasteiger partial charge in [0.2, 0.25) is 11.8 Å². The molecule has 0 saturated carbocycles. The second-order valence-electron chi connectivity index (χ2n) is 6.09. The number of nitrogens with one attached hydrogen (secondary N) is 2. The van der Waals surface area contributed by atoms with Crippen molar-refractivity contribution in [3.63, 3.8) is 0 Å². The third kappa shape index (κ3) is 6.15. The number of nitrogens with zero attached hydrogens (tertiary/aromatic N) is 2. The molecular formula is C17H26Cl2N4O2. The molecule has 0 unspecified atom stereocenters. The van der Waals surface area contributed by atoms with E-state index in [0.717, 1.165) is 57.1 Å². The largest absolute Gasteiger partial charge is 0.326 e. The number of anilines is 2. The second-order valence-corrected chi connectivity index (χ2v) is 6.09. The van der Waals surface area contributed by atoms with Crippen LogP contribution in [0.25, 0.3) is 0 Å². The zero-order valence-electron chi connectivity index (χ0n) is 14.2. The van der Waals surface area contributed by atoms with Gasteiger partial charge in [0.1, 0.15) is 0 Å². The van der Waals surface area contributed by atoms with E-state index in [9.17, 15) is 9.59 Å². The Morgan fingerprint density at radius 2 is 1.76 bits per heavy atom. The van der Waals surface area contributed by atoms with Crippen molar-refractivity contribution in [3.8, 4) is 0 Å². The van der Waals surface area contributed by atoms with Crippen LogP contribution in [0.4, 0.5) is 11.4 Å². The van der Waals surface area contributed by atoms with Crippen molar-refractivity contribution in [1.82, 2.24) is 10.2 Å². The quantitative estimate of drug-likeness (QED) is 0.808. The van der Waals surface area contributed by atoms with E-state index >= 15 is 0 Å². The molecule has 2 amide bonds. The molecule has 2 saturated heterocycles. The highest BCUT2D eigenvalue weighted by Gasteiger charge is 2.21. The van der Waals surface area contributed by atoms with E-state index in [0.29, 0.717) is 12.8 Å². The minimum Gasteiger partial charge on any atom is -0.326 e. The first-order chi connectivity index (χ1) is 11.2. The molecule has 2 fully saturated rings. The van der Waals surface area contributed by atoms with Crippen molar-refractivity contribution in [2.75, 3.05) is 49.5 Å². The number of amides is 2. The number of benzene rings is 1. The van der Waals surface area contributed by atoms with Gasteiger partial charge in [-0.3, -0.25) is 9.59 Å². The van der Waals surface area contributed by atoms with E-state index in [1.165, 1.54) is 0 Å². The number of carbonyl (C=O) groups is 2. The Hall–Kier alpha value is -1.34. The fourth-order valence-corrected chi connectivity index (χ4v) is 3.06. The molecule has 2 aliphatic rings. The molecule has 140 valence electrons. The average Bonchev–Trinajstić information content (AvgIpc) is 3.01. The Bertz CT molecular complexity index is 562. The van der Waals surface area contributed by atoms with Crippen molar-refractivity contribution in [3.05, 3.63) is 24.3 Å². The summed E-state index contributed by atoms with van der Waals surface area (Å²) in [5, 5.41) is 6.23. The molecule has 2 heterocycles. The van der Waals surface area contributed by atoms with Gasteiger partial charge in [0.15, 0.2) is 0 Å².